The van der Waals surface area contributed by atoms with E-state index in [0.29, 0.717) is 15.7 Å². The molecule has 0 spiro atoms. The first-order chi connectivity index (χ1) is 12.0. The topological polar surface area (TPSA) is 83.1 Å². The van der Waals surface area contributed by atoms with Gasteiger partial charge in [-0.25, -0.2) is 9.07 Å². The molecule has 0 aliphatic rings. The van der Waals surface area contributed by atoms with Gasteiger partial charge in [0.05, 0.1) is 10.2 Å². The Bertz CT molecular complexity index is 918. The molecule has 0 amide bonds. The molecule has 0 N–H and O–H groups in total. The van der Waals surface area contributed by atoms with Crippen LogP contribution in [0.1, 0.15) is 18.6 Å². The van der Waals surface area contributed by atoms with Crippen LogP contribution >= 0.6 is 15.9 Å². The van der Waals surface area contributed by atoms with E-state index in [1.54, 1.807) is 36.1 Å². The number of nitrogens with zero attached hydrogens (tertiary/aromatic N) is 4. The van der Waals surface area contributed by atoms with Gasteiger partial charge in [0.15, 0.2) is 6.20 Å². The Hall–Kier alpha value is -2.81. The molecule has 0 bridgehead atoms. The molecule has 7 nitrogen and oxygen atoms in total. The minimum Gasteiger partial charge on any atom is -0.478 e. The number of nitro groups is 1. The summed E-state index contributed by atoms with van der Waals surface area (Å²) in [6.07, 6.45) is 3.95. The van der Waals surface area contributed by atoms with Crippen molar-refractivity contribution in [1.29, 1.82) is 0 Å². The number of halogens is 2. The standard InChI is InChI=1S/C16H12BrFN4O3/c1-10(25-15-7-11(17)9-19-16(15)22(23)24)13-8-12(18)3-4-14(13)21-6-2-5-20-21/h2-10H,1H3. The maximum absolute atomic E-state index is 13.7. The maximum atomic E-state index is 13.7. The van der Waals surface area contributed by atoms with Crippen LogP contribution in [0.3, 0.4) is 0 Å². The number of ether oxygens (including phenoxy) is 1. The summed E-state index contributed by atoms with van der Waals surface area (Å²) in [7, 11) is 0. The normalized spacial score (nSPS) is 12.0. The fraction of sp³-hybridized carbons (Fsp3) is 0.125. The molecular weight excluding hydrogens is 395 g/mol. The third-order valence-corrected chi connectivity index (χ3v) is 3.89. The molecule has 0 saturated carbocycles. The predicted octanol–water partition coefficient (Wildman–Crippen LogP) is 4.22. The fourth-order valence-electron chi connectivity index (χ4n) is 2.36. The monoisotopic (exact) mass is 406 g/mol. The van der Waals surface area contributed by atoms with Gasteiger partial charge in [0, 0.05) is 24.0 Å². The van der Waals surface area contributed by atoms with Crippen LogP contribution in [0.2, 0.25) is 0 Å². The molecule has 2 aromatic heterocycles. The summed E-state index contributed by atoms with van der Waals surface area (Å²) in [6.45, 7) is 1.67. The van der Waals surface area contributed by atoms with Gasteiger partial charge in [-0.3, -0.25) is 0 Å². The number of pyridine rings is 1. The molecule has 9 heteroatoms. The van der Waals surface area contributed by atoms with Crippen LogP contribution in [0, 0.1) is 15.9 Å². The summed E-state index contributed by atoms with van der Waals surface area (Å²) in [5.74, 6) is -0.863. The average molecular weight is 407 g/mol. The molecule has 0 saturated heterocycles. The Morgan fingerprint density at radius 1 is 1.40 bits per heavy atom. The zero-order valence-electron chi connectivity index (χ0n) is 13.0. The van der Waals surface area contributed by atoms with E-state index in [4.69, 9.17) is 4.74 Å². The molecule has 0 fully saturated rings. The highest BCUT2D eigenvalue weighted by Crippen LogP contribution is 2.33. The van der Waals surface area contributed by atoms with Crippen molar-refractivity contribution in [2.75, 3.05) is 0 Å². The van der Waals surface area contributed by atoms with E-state index in [2.05, 4.69) is 26.0 Å². The van der Waals surface area contributed by atoms with Crippen LogP contribution in [0.25, 0.3) is 5.69 Å². The van der Waals surface area contributed by atoms with Crippen molar-refractivity contribution in [3.63, 3.8) is 0 Å². The lowest BCUT2D eigenvalue weighted by molar-refractivity contribution is -0.390. The average Bonchev–Trinajstić information content (AvgIpc) is 3.08. The van der Waals surface area contributed by atoms with Gasteiger partial charge in [0.2, 0.25) is 5.75 Å². The van der Waals surface area contributed by atoms with Crippen LogP contribution in [-0.4, -0.2) is 19.7 Å². The van der Waals surface area contributed by atoms with Crippen molar-refractivity contribution in [2.24, 2.45) is 0 Å². The van der Waals surface area contributed by atoms with Crippen molar-refractivity contribution in [3.05, 3.63) is 74.9 Å². The molecule has 3 aromatic rings. The molecule has 0 aliphatic carbocycles. The molecule has 0 radical (unpaired) electrons. The van der Waals surface area contributed by atoms with Gasteiger partial charge >= 0.3 is 5.82 Å². The number of hydrogen-bond donors (Lipinski definition) is 0. The Labute approximate surface area is 150 Å². The van der Waals surface area contributed by atoms with E-state index >= 15 is 0 Å². The molecule has 0 aliphatic heterocycles. The zero-order valence-corrected chi connectivity index (χ0v) is 14.6. The number of hydrogen-bond acceptors (Lipinski definition) is 5. The summed E-state index contributed by atoms with van der Waals surface area (Å²) in [5, 5.41) is 15.3. The van der Waals surface area contributed by atoms with Gasteiger partial charge in [0.1, 0.15) is 11.9 Å². The maximum Gasteiger partial charge on any atom is 0.406 e. The summed E-state index contributed by atoms with van der Waals surface area (Å²) < 4.78 is 21.6. The van der Waals surface area contributed by atoms with Crippen molar-refractivity contribution < 1.29 is 14.1 Å². The Morgan fingerprint density at radius 3 is 2.88 bits per heavy atom. The lowest BCUT2D eigenvalue weighted by Crippen LogP contribution is -2.10. The van der Waals surface area contributed by atoms with Gasteiger partial charge in [-0.2, -0.15) is 5.10 Å². The van der Waals surface area contributed by atoms with E-state index in [9.17, 15) is 14.5 Å². The SMILES string of the molecule is CC(Oc1cc(Br)cnc1[N+](=O)[O-])c1cc(F)ccc1-n1cccn1. The Balaban J connectivity index is 2.00. The van der Waals surface area contributed by atoms with Crippen molar-refractivity contribution in [2.45, 2.75) is 13.0 Å². The molecule has 1 atom stereocenters. The van der Waals surface area contributed by atoms with Crippen molar-refractivity contribution in [1.82, 2.24) is 14.8 Å². The number of aromatic nitrogens is 3. The summed E-state index contributed by atoms with van der Waals surface area (Å²) in [5.41, 5.74) is 1.11. The molecule has 128 valence electrons. The number of benzene rings is 1. The Kier molecular flexibility index (Phi) is 4.75. The predicted molar refractivity (Wildman–Crippen MR) is 91.2 cm³/mol. The number of rotatable bonds is 5. The van der Waals surface area contributed by atoms with Crippen LogP contribution < -0.4 is 4.74 Å². The van der Waals surface area contributed by atoms with Gasteiger partial charge in [-0.1, -0.05) is 0 Å². The minimum atomic E-state index is -0.676. The first-order valence-electron chi connectivity index (χ1n) is 7.22. The van der Waals surface area contributed by atoms with Crippen molar-refractivity contribution >= 4 is 21.7 Å². The third-order valence-electron chi connectivity index (χ3n) is 3.45. The van der Waals surface area contributed by atoms with Gasteiger partial charge in [-0.15, -0.1) is 0 Å². The van der Waals surface area contributed by atoms with E-state index in [1.165, 1.54) is 24.4 Å². The first-order valence-corrected chi connectivity index (χ1v) is 8.01. The first kappa shape index (κ1) is 17.0. The highest BCUT2D eigenvalue weighted by atomic mass is 79.9. The fourth-order valence-corrected chi connectivity index (χ4v) is 2.67. The molecule has 2 heterocycles. The molecule has 25 heavy (non-hydrogen) atoms. The lowest BCUT2D eigenvalue weighted by Gasteiger charge is -2.18. The summed E-state index contributed by atoms with van der Waals surface area (Å²) >= 11 is 3.21. The second kappa shape index (κ2) is 6.98. The Morgan fingerprint density at radius 2 is 2.20 bits per heavy atom. The molecular formula is C16H12BrFN4O3. The van der Waals surface area contributed by atoms with E-state index in [-0.39, 0.29) is 5.75 Å². The zero-order chi connectivity index (χ0) is 18.0. The summed E-state index contributed by atoms with van der Waals surface area (Å²) in [4.78, 5) is 14.3. The van der Waals surface area contributed by atoms with Crippen LogP contribution in [0.15, 0.2) is 53.4 Å². The molecule has 1 aromatic carbocycles. The molecule has 1 unspecified atom stereocenters. The second-order valence-electron chi connectivity index (χ2n) is 5.15. The van der Waals surface area contributed by atoms with Crippen molar-refractivity contribution in [3.8, 4) is 11.4 Å². The molecule has 3 rings (SSSR count). The van der Waals surface area contributed by atoms with Gasteiger partial charge in [-0.05, 0) is 57.0 Å². The van der Waals surface area contributed by atoms with E-state index in [1.807, 2.05) is 0 Å². The lowest BCUT2D eigenvalue weighted by atomic mass is 10.1. The largest absolute Gasteiger partial charge is 0.478 e. The smallest absolute Gasteiger partial charge is 0.406 e. The highest BCUT2D eigenvalue weighted by Gasteiger charge is 2.22. The van der Waals surface area contributed by atoms with E-state index < -0.39 is 22.7 Å². The quantitative estimate of drug-likeness (QED) is 0.467. The van der Waals surface area contributed by atoms with Gasteiger partial charge < -0.3 is 14.9 Å². The van der Waals surface area contributed by atoms with Gasteiger partial charge in [0.25, 0.3) is 0 Å². The van der Waals surface area contributed by atoms with E-state index in [0.717, 1.165) is 0 Å². The van der Waals surface area contributed by atoms with Crippen LogP contribution in [0.4, 0.5) is 10.2 Å². The summed E-state index contributed by atoms with van der Waals surface area (Å²) in [6, 6.07) is 7.40. The minimum absolute atomic E-state index is 0.0115. The van der Waals surface area contributed by atoms with Crippen LogP contribution in [0.5, 0.6) is 5.75 Å². The third kappa shape index (κ3) is 3.66. The van der Waals surface area contributed by atoms with Crippen LogP contribution in [-0.2, 0) is 0 Å². The second-order valence-corrected chi connectivity index (χ2v) is 6.06. The highest BCUT2D eigenvalue weighted by molar-refractivity contribution is 9.10.